The number of hydrogen-bond donors (Lipinski definition) is 2. The van der Waals surface area contributed by atoms with Crippen molar-refractivity contribution in [2.75, 3.05) is 6.54 Å². The van der Waals surface area contributed by atoms with Gasteiger partial charge in [0.15, 0.2) is 11.4 Å². The van der Waals surface area contributed by atoms with Crippen molar-refractivity contribution in [3.8, 4) is 5.75 Å². The van der Waals surface area contributed by atoms with Gasteiger partial charge in [-0.25, -0.2) is 4.39 Å². The van der Waals surface area contributed by atoms with Crippen molar-refractivity contribution in [3.63, 3.8) is 0 Å². The number of benzene rings is 1. The first kappa shape index (κ1) is 19.1. The summed E-state index contributed by atoms with van der Waals surface area (Å²) in [5.41, 5.74) is 0.698. The van der Waals surface area contributed by atoms with Crippen molar-refractivity contribution in [1.29, 1.82) is 0 Å². The third-order valence-corrected chi connectivity index (χ3v) is 4.72. The molecule has 0 saturated heterocycles. The van der Waals surface area contributed by atoms with Crippen molar-refractivity contribution in [2.45, 2.75) is 45.9 Å². The molecule has 0 fully saturated rings. The second-order valence-electron chi connectivity index (χ2n) is 7.20. The molecule has 1 amide bonds. The summed E-state index contributed by atoms with van der Waals surface area (Å²) in [6, 6.07) is 5.85. The molecule has 1 aromatic heterocycles. The molecular formula is C20H24FN3O3. The van der Waals surface area contributed by atoms with E-state index in [1.54, 1.807) is 27.8 Å². The van der Waals surface area contributed by atoms with Crippen LogP contribution in [0.2, 0.25) is 0 Å². The van der Waals surface area contributed by atoms with E-state index < -0.39 is 17.1 Å². The monoisotopic (exact) mass is 373 g/mol. The molecule has 7 heteroatoms. The second kappa shape index (κ2) is 7.52. The molecule has 2 aromatic rings. The van der Waals surface area contributed by atoms with Crippen LogP contribution in [0.1, 0.15) is 48.4 Å². The van der Waals surface area contributed by atoms with Crippen LogP contribution in [0.25, 0.3) is 0 Å². The Hall–Kier alpha value is -2.67. The molecular weight excluding hydrogens is 349 g/mol. The van der Waals surface area contributed by atoms with Gasteiger partial charge in [-0.15, -0.1) is 0 Å². The Morgan fingerprint density at radius 1 is 1.15 bits per heavy atom. The number of carbonyl (C=O) groups is 1. The van der Waals surface area contributed by atoms with Crippen molar-refractivity contribution in [1.82, 2.24) is 14.8 Å². The Bertz CT molecular complexity index is 906. The predicted molar refractivity (Wildman–Crippen MR) is 100 cm³/mol. The molecule has 1 aliphatic heterocycles. The normalized spacial score (nSPS) is 15.1. The lowest BCUT2D eigenvalue weighted by atomic mass is 10.1. The van der Waals surface area contributed by atoms with Crippen LogP contribution in [0.4, 0.5) is 4.39 Å². The van der Waals surface area contributed by atoms with Crippen LogP contribution in [0.5, 0.6) is 5.75 Å². The molecule has 0 radical (unpaired) electrons. The van der Waals surface area contributed by atoms with Gasteiger partial charge in [-0.3, -0.25) is 9.59 Å². The lowest BCUT2D eigenvalue weighted by Gasteiger charge is -2.31. The van der Waals surface area contributed by atoms with Crippen LogP contribution >= 0.6 is 0 Å². The molecule has 0 saturated carbocycles. The van der Waals surface area contributed by atoms with Gasteiger partial charge in [0.25, 0.3) is 5.91 Å². The fourth-order valence-electron chi connectivity index (χ4n) is 3.41. The molecule has 1 aromatic carbocycles. The van der Waals surface area contributed by atoms with E-state index in [2.05, 4.69) is 5.32 Å². The number of nitrogens with zero attached hydrogens (tertiary/aromatic N) is 2. The number of rotatable bonds is 5. The van der Waals surface area contributed by atoms with Crippen LogP contribution in [-0.4, -0.2) is 33.1 Å². The summed E-state index contributed by atoms with van der Waals surface area (Å²) >= 11 is 0. The van der Waals surface area contributed by atoms with E-state index in [0.29, 0.717) is 25.2 Å². The zero-order valence-electron chi connectivity index (χ0n) is 15.7. The van der Waals surface area contributed by atoms with Crippen LogP contribution in [-0.2, 0) is 13.1 Å². The summed E-state index contributed by atoms with van der Waals surface area (Å²) in [5.74, 6) is -1.26. The number of carbonyl (C=O) groups excluding carboxylic acids is 1. The first-order valence-corrected chi connectivity index (χ1v) is 9.04. The fraction of sp³-hybridized carbons (Fsp3) is 0.400. The first-order valence-electron chi connectivity index (χ1n) is 9.04. The quantitative estimate of drug-likeness (QED) is 0.844. The Morgan fingerprint density at radius 3 is 2.44 bits per heavy atom. The predicted octanol–water partition coefficient (Wildman–Crippen LogP) is 2.41. The van der Waals surface area contributed by atoms with E-state index in [9.17, 15) is 19.1 Å². The lowest BCUT2D eigenvalue weighted by molar-refractivity contribution is 0.0683. The highest BCUT2D eigenvalue weighted by Crippen LogP contribution is 2.23. The van der Waals surface area contributed by atoms with Crippen LogP contribution < -0.4 is 10.7 Å². The summed E-state index contributed by atoms with van der Waals surface area (Å²) in [5, 5.41) is 13.7. The van der Waals surface area contributed by atoms with Crippen molar-refractivity contribution < 1.29 is 14.3 Å². The molecule has 3 rings (SSSR count). The Morgan fingerprint density at radius 2 is 1.81 bits per heavy atom. The molecule has 0 bridgehead atoms. The minimum absolute atomic E-state index is 0.00820. The van der Waals surface area contributed by atoms with Gasteiger partial charge < -0.3 is 19.9 Å². The van der Waals surface area contributed by atoms with Crippen molar-refractivity contribution in [2.24, 2.45) is 0 Å². The first-order chi connectivity index (χ1) is 12.8. The molecule has 2 N–H and O–H groups in total. The van der Waals surface area contributed by atoms with Gasteiger partial charge in [-0.1, -0.05) is 26.0 Å². The van der Waals surface area contributed by atoms with Gasteiger partial charge >= 0.3 is 0 Å². The summed E-state index contributed by atoms with van der Waals surface area (Å²) < 4.78 is 14.7. The molecule has 27 heavy (non-hydrogen) atoms. The van der Waals surface area contributed by atoms with E-state index in [-0.39, 0.29) is 23.6 Å². The maximum atomic E-state index is 13.1. The van der Waals surface area contributed by atoms with Gasteiger partial charge in [-0.2, -0.15) is 0 Å². The van der Waals surface area contributed by atoms with Crippen molar-refractivity contribution in [3.05, 3.63) is 63.3 Å². The Kier molecular flexibility index (Phi) is 5.32. The van der Waals surface area contributed by atoms with Gasteiger partial charge in [0.2, 0.25) is 5.43 Å². The van der Waals surface area contributed by atoms with E-state index in [1.807, 2.05) is 20.8 Å². The van der Waals surface area contributed by atoms with Crippen LogP contribution in [0.15, 0.2) is 35.3 Å². The Balaban J connectivity index is 1.90. The summed E-state index contributed by atoms with van der Waals surface area (Å²) in [7, 11) is 0. The maximum Gasteiger partial charge on any atom is 0.274 e. The number of pyridine rings is 1. The minimum atomic E-state index is -0.529. The molecule has 144 valence electrons. The number of aromatic nitrogens is 1. The van der Waals surface area contributed by atoms with Crippen molar-refractivity contribution >= 4 is 5.91 Å². The number of amides is 1. The minimum Gasteiger partial charge on any atom is -0.503 e. The second-order valence-corrected chi connectivity index (χ2v) is 7.20. The lowest BCUT2D eigenvalue weighted by Crippen LogP contribution is -2.42. The average Bonchev–Trinajstić information content (AvgIpc) is 2.61. The highest BCUT2D eigenvalue weighted by molar-refractivity contribution is 5.95. The molecule has 0 aliphatic carbocycles. The Labute approximate surface area is 157 Å². The molecule has 6 nitrogen and oxygen atoms in total. The van der Waals surface area contributed by atoms with E-state index in [4.69, 9.17) is 0 Å². The number of nitrogens with one attached hydrogen (secondary N) is 1. The van der Waals surface area contributed by atoms with Crippen LogP contribution in [0.3, 0.4) is 0 Å². The zero-order valence-corrected chi connectivity index (χ0v) is 15.7. The summed E-state index contributed by atoms with van der Waals surface area (Å²) in [4.78, 5) is 27.0. The van der Waals surface area contributed by atoms with Crippen LogP contribution in [0, 0.1) is 5.82 Å². The molecule has 2 heterocycles. The standard InChI is InChI=1S/C20H24FN3O3/c1-12(2)22-13(3)16-11-23-8-9-24(10-14-4-6-15(21)7-5-14)20(27)17(23)19(26)18(16)25/h4-7,11-13,22,26H,8-10H2,1-3H3. The van der Waals surface area contributed by atoms with Gasteiger partial charge in [0, 0.05) is 43.5 Å². The number of fused-ring (bicyclic) bond motifs is 1. The number of aromatic hydroxyl groups is 1. The van der Waals surface area contributed by atoms with E-state index >= 15 is 0 Å². The molecule has 0 spiro atoms. The van der Waals surface area contributed by atoms with E-state index in [1.165, 1.54) is 12.1 Å². The molecule has 1 atom stereocenters. The van der Waals surface area contributed by atoms with E-state index in [0.717, 1.165) is 5.56 Å². The fourth-order valence-corrected chi connectivity index (χ4v) is 3.41. The maximum absolute atomic E-state index is 13.1. The highest BCUT2D eigenvalue weighted by atomic mass is 19.1. The smallest absolute Gasteiger partial charge is 0.274 e. The summed E-state index contributed by atoms with van der Waals surface area (Å²) in [6.45, 7) is 7.01. The zero-order chi connectivity index (χ0) is 19.7. The molecule has 1 unspecified atom stereocenters. The third kappa shape index (κ3) is 3.88. The third-order valence-electron chi connectivity index (χ3n) is 4.72. The topological polar surface area (TPSA) is 74.6 Å². The number of halogens is 1. The largest absolute Gasteiger partial charge is 0.503 e. The van der Waals surface area contributed by atoms with Gasteiger partial charge in [0.1, 0.15) is 5.82 Å². The average molecular weight is 373 g/mol. The highest BCUT2D eigenvalue weighted by Gasteiger charge is 2.30. The van der Waals surface area contributed by atoms with Gasteiger partial charge in [-0.05, 0) is 24.6 Å². The number of hydrogen-bond acceptors (Lipinski definition) is 4. The SMILES string of the molecule is CC(C)NC(C)c1cn2c(c(O)c1=O)C(=O)N(Cc1ccc(F)cc1)CC2. The van der Waals surface area contributed by atoms with Gasteiger partial charge in [0.05, 0.1) is 0 Å². The summed E-state index contributed by atoms with van der Waals surface area (Å²) in [6.07, 6.45) is 1.66. The molecule has 1 aliphatic rings.